The molecule has 3 aliphatic carbocycles. The van der Waals surface area contributed by atoms with Crippen molar-refractivity contribution in [3.63, 3.8) is 0 Å². The summed E-state index contributed by atoms with van der Waals surface area (Å²) in [5.74, 6) is 3.07. The lowest BCUT2D eigenvalue weighted by atomic mass is 9.91. The summed E-state index contributed by atoms with van der Waals surface area (Å²) in [6.07, 6.45) is 14.9. The molecule has 3 saturated carbocycles. The molecule has 1 heteroatoms. The number of nitrogens with one attached hydrogen (secondary N) is 1. The summed E-state index contributed by atoms with van der Waals surface area (Å²) in [6.45, 7) is 2.47. The molecule has 0 spiro atoms. The molecule has 0 radical (unpaired) electrons. The van der Waals surface area contributed by atoms with Crippen LogP contribution >= 0.6 is 0 Å². The van der Waals surface area contributed by atoms with Gasteiger partial charge in [-0.05, 0) is 63.2 Å². The van der Waals surface area contributed by atoms with Crippen LogP contribution in [0.3, 0.4) is 0 Å². The molecule has 0 amide bonds. The molecule has 0 aromatic rings. The topological polar surface area (TPSA) is 12.0 Å². The van der Waals surface area contributed by atoms with Gasteiger partial charge in [0, 0.05) is 12.1 Å². The molecule has 98 valence electrons. The van der Waals surface area contributed by atoms with Crippen LogP contribution in [0.1, 0.15) is 71.1 Å². The molecule has 1 N–H and O–H groups in total. The van der Waals surface area contributed by atoms with Crippen molar-refractivity contribution in [3.8, 4) is 0 Å². The SMILES string of the molecule is C[C@@H](NC(C1CC1)C1CC1)C1CCCCCC1. The standard InChI is InChI=1S/C16H29N/c1-12(13-6-4-2-3-5-7-13)17-16(14-8-9-14)15-10-11-15/h12-17H,2-11H2,1H3/t12-/m1/s1. The zero-order valence-corrected chi connectivity index (χ0v) is 11.5. The van der Waals surface area contributed by atoms with Crippen LogP contribution in [0, 0.1) is 17.8 Å². The summed E-state index contributed by atoms with van der Waals surface area (Å²) in [6, 6.07) is 1.67. The Labute approximate surface area is 107 Å². The van der Waals surface area contributed by atoms with E-state index in [-0.39, 0.29) is 0 Å². The third-order valence-electron chi connectivity index (χ3n) is 5.32. The molecule has 0 bridgehead atoms. The molecule has 0 unspecified atom stereocenters. The van der Waals surface area contributed by atoms with Crippen LogP contribution in [0.2, 0.25) is 0 Å². The predicted molar refractivity (Wildman–Crippen MR) is 73.0 cm³/mol. The van der Waals surface area contributed by atoms with Gasteiger partial charge in [0.25, 0.3) is 0 Å². The van der Waals surface area contributed by atoms with E-state index in [9.17, 15) is 0 Å². The Hall–Kier alpha value is -0.0400. The molecule has 0 saturated heterocycles. The smallest absolute Gasteiger partial charge is 0.0126 e. The van der Waals surface area contributed by atoms with Gasteiger partial charge in [0.1, 0.15) is 0 Å². The lowest BCUT2D eigenvalue weighted by Gasteiger charge is -2.29. The van der Waals surface area contributed by atoms with Gasteiger partial charge in [-0.15, -0.1) is 0 Å². The Bertz CT molecular complexity index is 222. The summed E-state index contributed by atoms with van der Waals surface area (Å²) < 4.78 is 0. The monoisotopic (exact) mass is 235 g/mol. The molecule has 1 atom stereocenters. The Balaban J connectivity index is 1.51. The molecule has 0 aromatic carbocycles. The zero-order chi connectivity index (χ0) is 11.7. The van der Waals surface area contributed by atoms with Gasteiger partial charge in [0.2, 0.25) is 0 Å². The number of hydrogen-bond donors (Lipinski definition) is 1. The van der Waals surface area contributed by atoms with E-state index in [1.807, 2.05) is 0 Å². The predicted octanol–water partition coefficient (Wildman–Crippen LogP) is 4.12. The minimum atomic E-state index is 0.777. The third-order valence-corrected chi connectivity index (χ3v) is 5.32. The highest BCUT2D eigenvalue weighted by Crippen LogP contribution is 2.45. The van der Waals surface area contributed by atoms with Gasteiger partial charge >= 0.3 is 0 Å². The van der Waals surface area contributed by atoms with Crippen molar-refractivity contribution in [2.24, 2.45) is 17.8 Å². The first-order chi connectivity index (χ1) is 8.34. The van der Waals surface area contributed by atoms with Gasteiger partial charge in [-0.25, -0.2) is 0 Å². The highest BCUT2D eigenvalue weighted by atomic mass is 15.0. The quantitative estimate of drug-likeness (QED) is 0.707. The maximum atomic E-state index is 4.04. The summed E-state index contributed by atoms with van der Waals surface area (Å²) in [4.78, 5) is 0. The van der Waals surface area contributed by atoms with Gasteiger partial charge in [-0.2, -0.15) is 0 Å². The Kier molecular flexibility index (Phi) is 3.75. The van der Waals surface area contributed by atoms with Crippen LogP contribution in [-0.4, -0.2) is 12.1 Å². The fourth-order valence-corrected chi connectivity index (χ4v) is 3.82. The van der Waals surface area contributed by atoms with Gasteiger partial charge in [0.15, 0.2) is 0 Å². The largest absolute Gasteiger partial charge is 0.311 e. The first-order valence-electron chi connectivity index (χ1n) is 8.10. The molecule has 3 rings (SSSR count). The first kappa shape index (κ1) is 12.0. The molecule has 17 heavy (non-hydrogen) atoms. The van der Waals surface area contributed by atoms with Crippen molar-refractivity contribution in [2.45, 2.75) is 83.2 Å². The molecular formula is C16H29N. The number of rotatable bonds is 5. The van der Waals surface area contributed by atoms with Gasteiger partial charge in [-0.1, -0.05) is 25.7 Å². The van der Waals surface area contributed by atoms with Crippen LogP contribution in [0.25, 0.3) is 0 Å². The average molecular weight is 235 g/mol. The van der Waals surface area contributed by atoms with Crippen molar-refractivity contribution in [1.82, 2.24) is 5.32 Å². The normalized spacial score (nSPS) is 29.3. The van der Waals surface area contributed by atoms with E-state index < -0.39 is 0 Å². The Morgan fingerprint density at radius 3 is 1.71 bits per heavy atom. The summed E-state index contributed by atoms with van der Waals surface area (Å²) >= 11 is 0. The van der Waals surface area contributed by atoms with E-state index in [1.165, 1.54) is 64.2 Å². The fraction of sp³-hybridized carbons (Fsp3) is 1.00. The zero-order valence-electron chi connectivity index (χ0n) is 11.5. The Morgan fingerprint density at radius 1 is 0.706 bits per heavy atom. The molecule has 3 aliphatic rings. The van der Waals surface area contributed by atoms with E-state index in [1.54, 1.807) is 0 Å². The molecule has 0 heterocycles. The summed E-state index contributed by atoms with van der Waals surface area (Å²) in [5.41, 5.74) is 0. The van der Waals surface area contributed by atoms with Crippen molar-refractivity contribution >= 4 is 0 Å². The highest BCUT2D eigenvalue weighted by molar-refractivity contribution is 4.97. The van der Waals surface area contributed by atoms with Crippen molar-refractivity contribution in [3.05, 3.63) is 0 Å². The van der Waals surface area contributed by atoms with E-state index in [0.717, 1.165) is 29.8 Å². The van der Waals surface area contributed by atoms with E-state index in [0.29, 0.717) is 0 Å². The van der Waals surface area contributed by atoms with Crippen LogP contribution in [-0.2, 0) is 0 Å². The van der Waals surface area contributed by atoms with E-state index in [2.05, 4.69) is 12.2 Å². The molecular weight excluding hydrogens is 206 g/mol. The minimum Gasteiger partial charge on any atom is -0.311 e. The second-order valence-electron chi connectivity index (χ2n) is 6.91. The van der Waals surface area contributed by atoms with E-state index >= 15 is 0 Å². The second kappa shape index (κ2) is 5.30. The lowest BCUT2D eigenvalue weighted by Crippen LogP contribution is -2.43. The van der Waals surface area contributed by atoms with Crippen molar-refractivity contribution < 1.29 is 0 Å². The highest BCUT2D eigenvalue weighted by Gasteiger charge is 2.42. The summed E-state index contributed by atoms with van der Waals surface area (Å²) in [7, 11) is 0. The summed E-state index contributed by atoms with van der Waals surface area (Å²) in [5, 5.41) is 4.04. The lowest BCUT2D eigenvalue weighted by molar-refractivity contribution is 0.281. The van der Waals surface area contributed by atoms with Crippen LogP contribution in [0.15, 0.2) is 0 Å². The van der Waals surface area contributed by atoms with Gasteiger partial charge in [0.05, 0.1) is 0 Å². The Morgan fingerprint density at radius 2 is 1.24 bits per heavy atom. The van der Waals surface area contributed by atoms with Crippen molar-refractivity contribution in [2.75, 3.05) is 0 Å². The third kappa shape index (κ3) is 3.24. The number of hydrogen-bond acceptors (Lipinski definition) is 1. The second-order valence-corrected chi connectivity index (χ2v) is 6.91. The van der Waals surface area contributed by atoms with Crippen molar-refractivity contribution in [1.29, 1.82) is 0 Å². The molecule has 1 nitrogen and oxygen atoms in total. The molecule has 0 aromatic heterocycles. The maximum absolute atomic E-state index is 4.04. The van der Waals surface area contributed by atoms with Crippen LogP contribution in [0.4, 0.5) is 0 Å². The van der Waals surface area contributed by atoms with Gasteiger partial charge < -0.3 is 5.32 Å². The minimum absolute atomic E-state index is 0.777. The average Bonchev–Trinajstić information content (AvgIpc) is 3.24. The van der Waals surface area contributed by atoms with E-state index in [4.69, 9.17) is 0 Å². The molecule has 3 fully saturated rings. The first-order valence-corrected chi connectivity index (χ1v) is 8.10. The maximum Gasteiger partial charge on any atom is 0.0126 e. The fourth-order valence-electron chi connectivity index (χ4n) is 3.82. The molecule has 0 aliphatic heterocycles. The van der Waals surface area contributed by atoms with Crippen LogP contribution in [0.5, 0.6) is 0 Å². The van der Waals surface area contributed by atoms with Crippen LogP contribution < -0.4 is 5.32 Å². The van der Waals surface area contributed by atoms with Gasteiger partial charge in [-0.3, -0.25) is 0 Å².